The van der Waals surface area contributed by atoms with Crippen molar-refractivity contribution < 1.29 is 24.1 Å². The third kappa shape index (κ3) is 2.48. The van der Waals surface area contributed by atoms with Crippen molar-refractivity contribution in [1.82, 2.24) is 0 Å². The molecule has 0 bridgehead atoms. The summed E-state index contributed by atoms with van der Waals surface area (Å²) in [5.74, 6) is 1.58. The largest absolute Gasteiger partial charge is 0.508 e. The quantitative estimate of drug-likeness (QED) is 0.874. The molecule has 1 N–H and O–H groups in total. The van der Waals surface area contributed by atoms with Gasteiger partial charge in [-0.1, -0.05) is 12.1 Å². The van der Waals surface area contributed by atoms with Crippen LogP contribution in [0.5, 0.6) is 23.0 Å². The smallest absolute Gasteiger partial charge is 0.203 e. The number of carbonyl (C=O) groups is 1. The summed E-state index contributed by atoms with van der Waals surface area (Å²) < 4.78 is 16.1. The standard InChI is InChI=1S/C19H18O5/c1-22-16-8-7-11(18(23-2)19(16)24-3)9-12-10-14-13(17(12)21)5-4-6-15(14)20/h4-9,20H,10H2,1-3H3/b12-9+. The number of benzene rings is 2. The zero-order chi connectivity index (χ0) is 17.3. The number of hydrogen-bond acceptors (Lipinski definition) is 5. The van der Waals surface area contributed by atoms with E-state index in [1.165, 1.54) is 14.2 Å². The number of aromatic hydroxyl groups is 1. The lowest BCUT2D eigenvalue weighted by molar-refractivity contribution is 0.104. The Morgan fingerprint density at radius 1 is 1.00 bits per heavy atom. The highest BCUT2D eigenvalue weighted by atomic mass is 16.5. The zero-order valence-corrected chi connectivity index (χ0v) is 13.8. The van der Waals surface area contributed by atoms with Gasteiger partial charge >= 0.3 is 0 Å². The van der Waals surface area contributed by atoms with Gasteiger partial charge in [-0.25, -0.2) is 0 Å². The van der Waals surface area contributed by atoms with Crippen molar-refractivity contribution in [3.63, 3.8) is 0 Å². The number of hydrogen-bond donors (Lipinski definition) is 1. The Bertz CT molecular complexity index is 836. The van der Waals surface area contributed by atoms with Gasteiger partial charge in [0.2, 0.25) is 5.75 Å². The highest BCUT2D eigenvalue weighted by molar-refractivity contribution is 6.16. The Labute approximate surface area is 140 Å². The third-order valence-electron chi connectivity index (χ3n) is 4.12. The predicted molar refractivity (Wildman–Crippen MR) is 90.2 cm³/mol. The maximum Gasteiger partial charge on any atom is 0.203 e. The first-order valence-electron chi connectivity index (χ1n) is 7.45. The number of Topliss-reactive ketones (excluding diaryl/α,β-unsaturated/α-hetero) is 1. The number of carbonyl (C=O) groups excluding carboxylic acids is 1. The van der Waals surface area contributed by atoms with Crippen molar-refractivity contribution in [3.8, 4) is 23.0 Å². The van der Waals surface area contributed by atoms with Crippen LogP contribution in [0.2, 0.25) is 0 Å². The van der Waals surface area contributed by atoms with E-state index in [9.17, 15) is 9.90 Å². The number of ether oxygens (including phenoxy) is 3. The van der Waals surface area contributed by atoms with Gasteiger partial charge in [0.15, 0.2) is 17.3 Å². The molecule has 1 aliphatic rings. The van der Waals surface area contributed by atoms with Crippen LogP contribution in [0, 0.1) is 0 Å². The minimum absolute atomic E-state index is 0.0854. The molecule has 5 heteroatoms. The lowest BCUT2D eigenvalue weighted by Gasteiger charge is -2.14. The number of allylic oxidation sites excluding steroid dienone is 1. The maximum absolute atomic E-state index is 12.6. The summed E-state index contributed by atoms with van der Waals surface area (Å²) in [6.45, 7) is 0. The summed E-state index contributed by atoms with van der Waals surface area (Å²) in [6.07, 6.45) is 2.15. The van der Waals surface area contributed by atoms with Crippen molar-refractivity contribution in [1.29, 1.82) is 0 Å². The second kappa shape index (κ2) is 6.28. The molecule has 0 aliphatic heterocycles. The molecule has 0 heterocycles. The van der Waals surface area contributed by atoms with E-state index >= 15 is 0 Å². The van der Waals surface area contributed by atoms with Crippen LogP contribution in [0.25, 0.3) is 6.08 Å². The number of ketones is 1. The van der Waals surface area contributed by atoms with Crippen LogP contribution in [0.4, 0.5) is 0 Å². The van der Waals surface area contributed by atoms with Crippen molar-refractivity contribution >= 4 is 11.9 Å². The lowest BCUT2D eigenvalue weighted by atomic mass is 10.1. The van der Waals surface area contributed by atoms with Gasteiger partial charge in [0.25, 0.3) is 0 Å². The Morgan fingerprint density at radius 3 is 2.38 bits per heavy atom. The first-order chi connectivity index (χ1) is 11.6. The summed E-state index contributed by atoms with van der Waals surface area (Å²) in [7, 11) is 4.62. The highest BCUT2D eigenvalue weighted by Crippen LogP contribution is 2.42. The minimum atomic E-state index is -0.0854. The molecule has 2 aromatic rings. The molecule has 0 saturated heterocycles. The van der Waals surface area contributed by atoms with E-state index in [0.717, 1.165) is 0 Å². The molecule has 124 valence electrons. The maximum atomic E-state index is 12.6. The highest BCUT2D eigenvalue weighted by Gasteiger charge is 2.27. The lowest BCUT2D eigenvalue weighted by Crippen LogP contribution is -1.99. The molecular weight excluding hydrogens is 308 g/mol. The fourth-order valence-corrected chi connectivity index (χ4v) is 2.96. The molecule has 0 spiro atoms. The van der Waals surface area contributed by atoms with Crippen LogP contribution in [0.3, 0.4) is 0 Å². The molecule has 3 rings (SSSR count). The predicted octanol–water partition coefficient (Wildman–Crippen LogP) is 3.24. The van der Waals surface area contributed by atoms with Gasteiger partial charge in [0, 0.05) is 28.7 Å². The first kappa shape index (κ1) is 15.9. The second-order valence-corrected chi connectivity index (χ2v) is 5.40. The van der Waals surface area contributed by atoms with Crippen molar-refractivity contribution in [2.24, 2.45) is 0 Å². The van der Waals surface area contributed by atoms with Crippen LogP contribution in [-0.4, -0.2) is 32.2 Å². The molecule has 5 nitrogen and oxygen atoms in total. The summed E-state index contributed by atoms with van der Waals surface area (Å²) in [5, 5.41) is 9.94. The molecule has 0 atom stereocenters. The van der Waals surface area contributed by atoms with Gasteiger partial charge in [-0.15, -0.1) is 0 Å². The summed E-state index contributed by atoms with van der Waals surface area (Å²) in [4.78, 5) is 12.6. The first-order valence-corrected chi connectivity index (χ1v) is 7.45. The van der Waals surface area contributed by atoms with Crippen molar-refractivity contribution in [2.45, 2.75) is 6.42 Å². The number of phenols is 1. The van der Waals surface area contributed by atoms with Gasteiger partial charge < -0.3 is 19.3 Å². The molecule has 2 aromatic carbocycles. The van der Waals surface area contributed by atoms with Crippen LogP contribution >= 0.6 is 0 Å². The fraction of sp³-hybridized carbons (Fsp3) is 0.211. The monoisotopic (exact) mass is 326 g/mol. The van der Waals surface area contributed by atoms with Crippen LogP contribution in [-0.2, 0) is 6.42 Å². The molecule has 0 amide bonds. The Kier molecular flexibility index (Phi) is 4.16. The molecular formula is C19H18O5. The van der Waals surface area contributed by atoms with Gasteiger partial charge in [-0.2, -0.15) is 0 Å². The average Bonchev–Trinajstić information content (AvgIpc) is 2.92. The topological polar surface area (TPSA) is 65.0 Å². The van der Waals surface area contributed by atoms with Gasteiger partial charge in [-0.05, 0) is 24.3 Å². The molecule has 0 fully saturated rings. The average molecular weight is 326 g/mol. The van der Waals surface area contributed by atoms with Crippen molar-refractivity contribution in [3.05, 3.63) is 52.6 Å². The van der Waals surface area contributed by atoms with Crippen LogP contribution in [0.15, 0.2) is 35.9 Å². The van der Waals surface area contributed by atoms with E-state index in [-0.39, 0.29) is 11.5 Å². The number of rotatable bonds is 4. The Balaban J connectivity index is 2.08. The van der Waals surface area contributed by atoms with E-state index in [1.54, 1.807) is 37.5 Å². The van der Waals surface area contributed by atoms with Gasteiger partial charge in [-0.3, -0.25) is 4.79 Å². The van der Waals surface area contributed by atoms with E-state index in [0.29, 0.717) is 45.9 Å². The van der Waals surface area contributed by atoms with Gasteiger partial charge in [0.05, 0.1) is 21.3 Å². The Morgan fingerprint density at radius 2 is 1.75 bits per heavy atom. The summed E-state index contributed by atoms with van der Waals surface area (Å²) >= 11 is 0. The summed E-state index contributed by atoms with van der Waals surface area (Å²) in [5.41, 5.74) is 2.51. The van der Waals surface area contributed by atoms with Crippen LogP contribution < -0.4 is 14.2 Å². The summed E-state index contributed by atoms with van der Waals surface area (Å²) in [6, 6.07) is 8.56. The molecule has 0 saturated carbocycles. The molecule has 0 aromatic heterocycles. The van der Waals surface area contributed by atoms with E-state index in [2.05, 4.69) is 0 Å². The van der Waals surface area contributed by atoms with Crippen LogP contribution in [0.1, 0.15) is 21.5 Å². The number of fused-ring (bicyclic) bond motifs is 1. The molecule has 24 heavy (non-hydrogen) atoms. The zero-order valence-electron chi connectivity index (χ0n) is 13.8. The van der Waals surface area contributed by atoms with E-state index < -0.39 is 0 Å². The number of phenolic OH excluding ortho intramolecular Hbond substituents is 1. The molecule has 0 unspecified atom stereocenters. The van der Waals surface area contributed by atoms with Crippen molar-refractivity contribution in [2.75, 3.05) is 21.3 Å². The number of methoxy groups -OCH3 is 3. The molecule has 0 radical (unpaired) electrons. The third-order valence-corrected chi connectivity index (χ3v) is 4.12. The molecule has 1 aliphatic carbocycles. The van der Waals surface area contributed by atoms with Gasteiger partial charge in [0.1, 0.15) is 5.75 Å². The second-order valence-electron chi connectivity index (χ2n) is 5.40. The van der Waals surface area contributed by atoms with E-state index in [1.807, 2.05) is 6.07 Å². The SMILES string of the molecule is COc1ccc(/C=C2\Cc3c(O)cccc3C2=O)c(OC)c1OC. The Hall–Kier alpha value is -2.95. The van der Waals surface area contributed by atoms with E-state index in [4.69, 9.17) is 14.2 Å². The minimum Gasteiger partial charge on any atom is -0.508 e. The fourth-order valence-electron chi connectivity index (χ4n) is 2.96. The normalized spacial score (nSPS) is 14.6.